The van der Waals surface area contributed by atoms with Crippen LogP contribution in [0.1, 0.15) is 46.5 Å². The summed E-state index contributed by atoms with van der Waals surface area (Å²) in [6.07, 6.45) is 6.00. The van der Waals surface area contributed by atoms with E-state index in [1.807, 2.05) is 0 Å². The molecule has 1 rings (SSSR count). The van der Waals surface area contributed by atoms with Crippen LogP contribution in [0.3, 0.4) is 0 Å². The lowest BCUT2D eigenvalue weighted by Crippen LogP contribution is -2.52. The molecule has 0 aromatic carbocycles. The second kappa shape index (κ2) is 6.41. The van der Waals surface area contributed by atoms with Crippen LogP contribution in [-0.2, 0) is 4.74 Å². The Bertz CT molecular complexity index is 137. The Hall–Kier alpha value is -0.0800. The van der Waals surface area contributed by atoms with Crippen LogP contribution in [0.5, 0.6) is 0 Å². The maximum absolute atomic E-state index is 6.06. The second-order valence-corrected chi connectivity index (χ2v) is 4.31. The standard InChI is InChI=1S/C12H25NO/c1-4-7-11(8-5-2)14-12-9-13(6-3)10-12/h11-12H,4-10H2,1-3H3. The number of ether oxygens (including phenoxy) is 1. The van der Waals surface area contributed by atoms with Crippen LogP contribution in [0, 0.1) is 0 Å². The maximum atomic E-state index is 6.06. The summed E-state index contributed by atoms with van der Waals surface area (Å²) in [5.74, 6) is 0. The van der Waals surface area contributed by atoms with Crippen molar-refractivity contribution in [2.75, 3.05) is 19.6 Å². The van der Waals surface area contributed by atoms with E-state index in [1.165, 1.54) is 32.2 Å². The Morgan fingerprint density at radius 2 is 1.71 bits per heavy atom. The molecule has 0 spiro atoms. The van der Waals surface area contributed by atoms with Crippen LogP contribution < -0.4 is 0 Å². The Kier molecular flexibility index (Phi) is 5.49. The Balaban J connectivity index is 2.13. The highest BCUT2D eigenvalue weighted by molar-refractivity contribution is 4.80. The average Bonchev–Trinajstić information content (AvgIpc) is 2.11. The molecule has 0 amide bonds. The first-order chi connectivity index (χ1) is 6.80. The summed E-state index contributed by atoms with van der Waals surface area (Å²) in [5, 5.41) is 0. The molecule has 1 heterocycles. The lowest BCUT2D eigenvalue weighted by atomic mass is 10.1. The van der Waals surface area contributed by atoms with E-state index in [2.05, 4.69) is 25.7 Å². The van der Waals surface area contributed by atoms with Crippen LogP contribution >= 0.6 is 0 Å². The van der Waals surface area contributed by atoms with Crippen molar-refractivity contribution < 1.29 is 4.74 Å². The minimum Gasteiger partial charge on any atom is -0.372 e. The van der Waals surface area contributed by atoms with Gasteiger partial charge in [0.15, 0.2) is 0 Å². The molecule has 2 nitrogen and oxygen atoms in total. The summed E-state index contributed by atoms with van der Waals surface area (Å²) in [7, 11) is 0. The van der Waals surface area contributed by atoms with Gasteiger partial charge in [-0.15, -0.1) is 0 Å². The van der Waals surface area contributed by atoms with Crippen molar-refractivity contribution in [2.24, 2.45) is 0 Å². The van der Waals surface area contributed by atoms with Gasteiger partial charge < -0.3 is 4.74 Å². The largest absolute Gasteiger partial charge is 0.372 e. The lowest BCUT2D eigenvalue weighted by Gasteiger charge is -2.40. The van der Waals surface area contributed by atoms with Crippen LogP contribution in [0.15, 0.2) is 0 Å². The molecule has 0 unspecified atom stereocenters. The summed E-state index contributed by atoms with van der Waals surface area (Å²) < 4.78 is 6.06. The van der Waals surface area contributed by atoms with Crippen molar-refractivity contribution >= 4 is 0 Å². The van der Waals surface area contributed by atoms with Crippen LogP contribution in [0.2, 0.25) is 0 Å². The third-order valence-electron chi connectivity index (χ3n) is 2.98. The van der Waals surface area contributed by atoms with Gasteiger partial charge in [0, 0.05) is 13.1 Å². The molecular weight excluding hydrogens is 174 g/mol. The first-order valence-corrected chi connectivity index (χ1v) is 6.17. The molecular formula is C12H25NO. The van der Waals surface area contributed by atoms with Gasteiger partial charge in [-0.2, -0.15) is 0 Å². The number of likely N-dealkylation sites (tertiary alicyclic amines) is 1. The number of hydrogen-bond acceptors (Lipinski definition) is 2. The summed E-state index contributed by atoms with van der Waals surface area (Å²) in [6.45, 7) is 10.2. The molecule has 14 heavy (non-hydrogen) atoms. The fourth-order valence-corrected chi connectivity index (χ4v) is 2.06. The normalized spacial score (nSPS) is 18.9. The quantitative estimate of drug-likeness (QED) is 0.625. The van der Waals surface area contributed by atoms with E-state index < -0.39 is 0 Å². The van der Waals surface area contributed by atoms with Crippen molar-refractivity contribution in [1.82, 2.24) is 4.90 Å². The third kappa shape index (κ3) is 3.58. The van der Waals surface area contributed by atoms with E-state index in [-0.39, 0.29) is 0 Å². The van der Waals surface area contributed by atoms with Gasteiger partial charge in [-0.05, 0) is 19.4 Å². The molecule has 2 heteroatoms. The van der Waals surface area contributed by atoms with Gasteiger partial charge in [0.05, 0.1) is 12.2 Å². The van der Waals surface area contributed by atoms with E-state index in [9.17, 15) is 0 Å². The van der Waals surface area contributed by atoms with Gasteiger partial charge in [0.1, 0.15) is 0 Å². The Labute approximate surface area is 88.6 Å². The van der Waals surface area contributed by atoms with E-state index >= 15 is 0 Å². The highest BCUT2D eigenvalue weighted by Gasteiger charge is 2.27. The average molecular weight is 199 g/mol. The molecule has 1 fully saturated rings. The summed E-state index contributed by atoms with van der Waals surface area (Å²) in [6, 6.07) is 0. The lowest BCUT2D eigenvalue weighted by molar-refractivity contribution is -0.0950. The van der Waals surface area contributed by atoms with Crippen molar-refractivity contribution in [3.8, 4) is 0 Å². The zero-order chi connectivity index (χ0) is 10.4. The Morgan fingerprint density at radius 3 is 2.14 bits per heavy atom. The minimum atomic E-state index is 0.522. The van der Waals surface area contributed by atoms with Crippen LogP contribution in [-0.4, -0.2) is 36.7 Å². The molecule has 0 bridgehead atoms. The molecule has 0 aliphatic carbocycles. The number of hydrogen-bond donors (Lipinski definition) is 0. The summed E-state index contributed by atoms with van der Waals surface area (Å²) in [5.41, 5.74) is 0. The number of rotatable bonds is 7. The topological polar surface area (TPSA) is 12.5 Å². The number of nitrogens with zero attached hydrogens (tertiary/aromatic N) is 1. The minimum absolute atomic E-state index is 0.522. The van der Waals surface area contributed by atoms with Gasteiger partial charge >= 0.3 is 0 Å². The Morgan fingerprint density at radius 1 is 1.14 bits per heavy atom. The number of likely N-dealkylation sites (N-methyl/N-ethyl adjacent to an activating group) is 1. The molecule has 0 atom stereocenters. The van der Waals surface area contributed by atoms with Crippen LogP contribution in [0.25, 0.3) is 0 Å². The van der Waals surface area contributed by atoms with E-state index in [0.717, 1.165) is 13.1 Å². The van der Waals surface area contributed by atoms with Crippen molar-refractivity contribution in [1.29, 1.82) is 0 Å². The van der Waals surface area contributed by atoms with E-state index in [0.29, 0.717) is 12.2 Å². The highest BCUT2D eigenvalue weighted by Crippen LogP contribution is 2.17. The molecule has 1 aliphatic heterocycles. The smallest absolute Gasteiger partial charge is 0.0832 e. The molecule has 0 aromatic heterocycles. The van der Waals surface area contributed by atoms with E-state index in [1.54, 1.807) is 0 Å². The molecule has 0 radical (unpaired) electrons. The van der Waals surface area contributed by atoms with Gasteiger partial charge in [-0.25, -0.2) is 0 Å². The van der Waals surface area contributed by atoms with Crippen LogP contribution in [0.4, 0.5) is 0 Å². The van der Waals surface area contributed by atoms with Crippen molar-refractivity contribution in [3.05, 3.63) is 0 Å². The van der Waals surface area contributed by atoms with E-state index in [4.69, 9.17) is 4.74 Å². The van der Waals surface area contributed by atoms with Gasteiger partial charge in [0.2, 0.25) is 0 Å². The first kappa shape index (κ1) is 12.0. The first-order valence-electron chi connectivity index (χ1n) is 6.17. The van der Waals surface area contributed by atoms with Crippen molar-refractivity contribution in [3.63, 3.8) is 0 Å². The zero-order valence-corrected chi connectivity index (χ0v) is 9.96. The summed E-state index contributed by atoms with van der Waals surface area (Å²) in [4.78, 5) is 2.43. The SMILES string of the molecule is CCCC(CCC)OC1CN(CC)C1. The summed E-state index contributed by atoms with van der Waals surface area (Å²) >= 11 is 0. The maximum Gasteiger partial charge on any atom is 0.0832 e. The third-order valence-corrected chi connectivity index (χ3v) is 2.98. The fraction of sp³-hybridized carbons (Fsp3) is 1.00. The molecule has 84 valence electrons. The zero-order valence-electron chi connectivity index (χ0n) is 9.96. The molecule has 1 aliphatic rings. The molecule has 0 aromatic rings. The molecule has 1 saturated heterocycles. The van der Waals surface area contributed by atoms with Gasteiger partial charge in [-0.1, -0.05) is 33.6 Å². The predicted octanol–water partition coefficient (Wildman–Crippen LogP) is 2.68. The predicted molar refractivity (Wildman–Crippen MR) is 60.6 cm³/mol. The second-order valence-electron chi connectivity index (χ2n) is 4.31. The monoisotopic (exact) mass is 199 g/mol. The molecule has 0 N–H and O–H groups in total. The fourth-order valence-electron chi connectivity index (χ4n) is 2.06. The van der Waals surface area contributed by atoms with Gasteiger partial charge in [-0.3, -0.25) is 4.90 Å². The molecule has 0 saturated carbocycles. The van der Waals surface area contributed by atoms with Crippen molar-refractivity contribution in [2.45, 2.75) is 58.7 Å². The van der Waals surface area contributed by atoms with Gasteiger partial charge in [0.25, 0.3) is 0 Å². The highest BCUT2D eigenvalue weighted by atomic mass is 16.5.